The lowest BCUT2D eigenvalue weighted by atomic mass is 9.97. The van der Waals surface area contributed by atoms with Crippen LogP contribution in [0.4, 0.5) is 4.39 Å². The lowest BCUT2D eigenvalue weighted by Gasteiger charge is -2.30. The first-order valence-corrected chi connectivity index (χ1v) is 7.99. The van der Waals surface area contributed by atoms with E-state index in [0.29, 0.717) is 11.1 Å². The van der Waals surface area contributed by atoms with E-state index in [2.05, 4.69) is 10.2 Å². The van der Waals surface area contributed by atoms with E-state index in [0.717, 1.165) is 37.7 Å². The Hall–Kier alpha value is -0.640. The molecule has 0 unspecified atom stereocenters. The van der Waals surface area contributed by atoms with Gasteiger partial charge >= 0.3 is 0 Å². The lowest BCUT2D eigenvalue weighted by molar-refractivity contribution is 0.190. The lowest BCUT2D eigenvalue weighted by Crippen LogP contribution is -2.37. The average Bonchev–Trinajstić information content (AvgIpc) is 3.28. The molecular weight excluding hydrogens is 275 g/mol. The van der Waals surface area contributed by atoms with Crippen molar-refractivity contribution in [2.45, 2.75) is 38.3 Å². The zero-order chi connectivity index (χ0) is 13.9. The first-order valence-electron chi connectivity index (χ1n) is 7.61. The summed E-state index contributed by atoms with van der Waals surface area (Å²) in [5, 5.41) is 4.09. The van der Waals surface area contributed by atoms with Crippen LogP contribution in [0.1, 0.15) is 31.2 Å². The van der Waals surface area contributed by atoms with Gasteiger partial charge in [-0.2, -0.15) is 0 Å². The van der Waals surface area contributed by atoms with E-state index in [4.69, 9.17) is 11.6 Å². The van der Waals surface area contributed by atoms with Gasteiger partial charge in [0.1, 0.15) is 5.82 Å². The number of hydrogen-bond donors (Lipinski definition) is 1. The van der Waals surface area contributed by atoms with Crippen LogP contribution >= 0.6 is 11.6 Å². The van der Waals surface area contributed by atoms with Gasteiger partial charge in [-0.25, -0.2) is 4.39 Å². The second-order valence-corrected chi connectivity index (χ2v) is 6.50. The Morgan fingerprint density at radius 2 is 1.95 bits per heavy atom. The molecule has 4 heteroatoms. The highest BCUT2D eigenvalue weighted by molar-refractivity contribution is 6.31. The van der Waals surface area contributed by atoms with Crippen molar-refractivity contribution in [3.05, 3.63) is 34.6 Å². The van der Waals surface area contributed by atoms with E-state index < -0.39 is 0 Å². The molecule has 0 amide bonds. The van der Waals surface area contributed by atoms with E-state index in [-0.39, 0.29) is 5.82 Å². The van der Waals surface area contributed by atoms with Crippen molar-refractivity contribution < 1.29 is 4.39 Å². The van der Waals surface area contributed by atoms with Gasteiger partial charge in [0.2, 0.25) is 0 Å². The van der Waals surface area contributed by atoms with Crippen molar-refractivity contribution in [1.29, 1.82) is 0 Å². The number of piperidine rings is 1. The predicted molar refractivity (Wildman–Crippen MR) is 80.4 cm³/mol. The molecule has 1 saturated heterocycles. The maximum Gasteiger partial charge on any atom is 0.123 e. The summed E-state index contributed by atoms with van der Waals surface area (Å²) in [6.45, 7) is 4.16. The Morgan fingerprint density at radius 1 is 1.20 bits per heavy atom. The normalized spacial score (nSPS) is 20.6. The van der Waals surface area contributed by atoms with Crippen molar-refractivity contribution in [1.82, 2.24) is 10.2 Å². The Kier molecular flexibility index (Phi) is 4.59. The molecule has 1 aliphatic heterocycles. The van der Waals surface area contributed by atoms with Crippen LogP contribution in [0.5, 0.6) is 0 Å². The molecule has 0 atom stereocenters. The Balaban J connectivity index is 1.66. The molecule has 1 aromatic rings. The van der Waals surface area contributed by atoms with E-state index in [1.54, 1.807) is 12.1 Å². The van der Waals surface area contributed by atoms with Crippen LogP contribution < -0.4 is 5.32 Å². The van der Waals surface area contributed by atoms with Crippen molar-refractivity contribution in [2.24, 2.45) is 5.92 Å². The highest BCUT2D eigenvalue weighted by Crippen LogP contribution is 2.31. The topological polar surface area (TPSA) is 15.3 Å². The van der Waals surface area contributed by atoms with Crippen LogP contribution in [0, 0.1) is 11.7 Å². The van der Waals surface area contributed by atoms with E-state index in [9.17, 15) is 4.39 Å². The maximum atomic E-state index is 13.4. The molecule has 1 aromatic carbocycles. The van der Waals surface area contributed by atoms with Crippen molar-refractivity contribution in [3.63, 3.8) is 0 Å². The van der Waals surface area contributed by atoms with Crippen LogP contribution in [0.2, 0.25) is 5.02 Å². The third-order valence-electron chi connectivity index (χ3n) is 4.40. The molecule has 1 saturated carbocycles. The van der Waals surface area contributed by atoms with Gasteiger partial charge in [0, 0.05) is 24.2 Å². The second kappa shape index (κ2) is 6.42. The number of rotatable bonds is 5. The van der Waals surface area contributed by atoms with Crippen molar-refractivity contribution >= 4 is 11.6 Å². The number of nitrogens with one attached hydrogen (secondary N) is 1. The molecule has 0 radical (unpaired) electrons. The molecule has 1 N–H and O–H groups in total. The summed E-state index contributed by atoms with van der Waals surface area (Å²) in [5.41, 5.74) is 0.924. The third-order valence-corrected chi connectivity index (χ3v) is 4.76. The predicted octanol–water partition coefficient (Wildman–Crippen LogP) is 3.44. The fraction of sp³-hybridized carbons (Fsp3) is 0.625. The minimum Gasteiger partial charge on any atom is -0.317 e. The SMILES string of the molecule is Fc1ccc(Cl)c(CN(CC2CCNCC2)C2CC2)c1. The fourth-order valence-corrected chi connectivity index (χ4v) is 3.24. The molecule has 110 valence electrons. The quantitative estimate of drug-likeness (QED) is 0.895. The summed E-state index contributed by atoms with van der Waals surface area (Å²) in [6, 6.07) is 5.37. The monoisotopic (exact) mass is 296 g/mol. The summed E-state index contributed by atoms with van der Waals surface area (Å²) in [4.78, 5) is 2.51. The molecule has 0 spiro atoms. The Bertz CT molecular complexity index is 456. The fourth-order valence-electron chi connectivity index (χ4n) is 3.06. The van der Waals surface area contributed by atoms with Crippen molar-refractivity contribution in [2.75, 3.05) is 19.6 Å². The molecule has 1 aliphatic carbocycles. The Morgan fingerprint density at radius 3 is 2.65 bits per heavy atom. The van der Waals surface area contributed by atoms with Gasteiger partial charge in [0.15, 0.2) is 0 Å². The number of nitrogens with zero attached hydrogens (tertiary/aromatic N) is 1. The van der Waals surface area contributed by atoms with Crippen LogP contribution in [-0.2, 0) is 6.54 Å². The van der Waals surface area contributed by atoms with Gasteiger partial charge in [0.05, 0.1) is 0 Å². The summed E-state index contributed by atoms with van der Waals surface area (Å²) in [5.74, 6) is 0.575. The minimum atomic E-state index is -0.193. The molecule has 3 rings (SSSR count). The van der Waals surface area contributed by atoms with Crippen LogP contribution in [0.25, 0.3) is 0 Å². The molecule has 0 aromatic heterocycles. The van der Waals surface area contributed by atoms with Crippen molar-refractivity contribution in [3.8, 4) is 0 Å². The molecular formula is C16H22ClFN2. The second-order valence-electron chi connectivity index (χ2n) is 6.09. The van der Waals surface area contributed by atoms with E-state index in [1.807, 2.05) is 0 Å². The molecule has 2 fully saturated rings. The van der Waals surface area contributed by atoms with Gasteiger partial charge in [-0.05, 0) is 68.5 Å². The number of benzene rings is 1. The van der Waals surface area contributed by atoms with Gasteiger partial charge in [-0.3, -0.25) is 4.90 Å². The highest BCUT2D eigenvalue weighted by Gasteiger charge is 2.31. The first-order chi connectivity index (χ1) is 9.72. The van der Waals surface area contributed by atoms with Crippen LogP contribution in [0.3, 0.4) is 0 Å². The third kappa shape index (κ3) is 3.72. The summed E-state index contributed by atoms with van der Waals surface area (Å²) in [7, 11) is 0. The van der Waals surface area contributed by atoms with Gasteiger partial charge in [0.25, 0.3) is 0 Å². The molecule has 2 nitrogen and oxygen atoms in total. The highest BCUT2D eigenvalue weighted by atomic mass is 35.5. The maximum absolute atomic E-state index is 13.4. The smallest absolute Gasteiger partial charge is 0.123 e. The molecule has 1 heterocycles. The molecule has 20 heavy (non-hydrogen) atoms. The molecule has 2 aliphatic rings. The first kappa shape index (κ1) is 14.3. The minimum absolute atomic E-state index is 0.193. The standard InChI is InChI=1S/C16H22ClFN2/c17-16-4-1-14(18)9-13(16)11-20(15-2-3-15)10-12-5-7-19-8-6-12/h1,4,9,12,15,19H,2-3,5-8,10-11H2. The number of hydrogen-bond acceptors (Lipinski definition) is 2. The Labute approximate surface area is 125 Å². The average molecular weight is 297 g/mol. The zero-order valence-corrected chi connectivity index (χ0v) is 12.5. The number of halogens is 2. The van der Waals surface area contributed by atoms with Gasteiger partial charge < -0.3 is 5.32 Å². The van der Waals surface area contributed by atoms with Crippen LogP contribution in [0.15, 0.2) is 18.2 Å². The molecule has 0 bridgehead atoms. The largest absolute Gasteiger partial charge is 0.317 e. The zero-order valence-electron chi connectivity index (χ0n) is 11.7. The van der Waals surface area contributed by atoms with Gasteiger partial charge in [-0.15, -0.1) is 0 Å². The van der Waals surface area contributed by atoms with E-state index in [1.165, 1.54) is 31.7 Å². The van der Waals surface area contributed by atoms with Gasteiger partial charge in [-0.1, -0.05) is 11.6 Å². The van der Waals surface area contributed by atoms with E-state index >= 15 is 0 Å². The summed E-state index contributed by atoms with van der Waals surface area (Å²) in [6.07, 6.45) is 5.05. The summed E-state index contributed by atoms with van der Waals surface area (Å²) >= 11 is 6.20. The van der Waals surface area contributed by atoms with Crippen LogP contribution in [-0.4, -0.2) is 30.6 Å². The summed E-state index contributed by atoms with van der Waals surface area (Å²) < 4.78 is 13.4.